The van der Waals surface area contributed by atoms with Crippen LogP contribution in [0.15, 0.2) is 42.5 Å². The van der Waals surface area contributed by atoms with Crippen molar-refractivity contribution in [3.63, 3.8) is 0 Å². The monoisotopic (exact) mass is 213 g/mol. The average Bonchev–Trinajstić information content (AvgIpc) is 2.32. The fourth-order valence-electron chi connectivity index (χ4n) is 1.70. The molecule has 0 aliphatic heterocycles. The van der Waals surface area contributed by atoms with Crippen LogP contribution >= 0.6 is 0 Å². The Balaban J connectivity index is 2.24. The Kier molecular flexibility index (Phi) is 3.35. The molecular formula is C15H14F. The molecule has 1 heteroatoms. The highest BCUT2D eigenvalue weighted by atomic mass is 19.1. The number of halogens is 1. The van der Waals surface area contributed by atoms with Crippen LogP contribution in [0.25, 0.3) is 11.1 Å². The molecule has 0 saturated heterocycles. The smallest absolute Gasteiger partial charge is 0.123 e. The first kappa shape index (κ1) is 10.9. The van der Waals surface area contributed by atoms with Crippen molar-refractivity contribution in [2.75, 3.05) is 0 Å². The first-order chi connectivity index (χ1) is 7.79. The second-order valence-electron chi connectivity index (χ2n) is 3.86. The summed E-state index contributed by atoms with van der Waals surface area (Å²) in [4.78, 5) is 0. The Morgan fingerprint density at radius 2 is 1.69 bits per heavy atom. The summed E-state index contributed by atoms with van der Waals surface area (Å²) in [7, 11) is 0. The molecule has 2 aromatic carbocycles. The molecule has 0 saturated carbocycles. The summed E-state index contributed by atoms with van der Waals surface area (Å²) in [5, 5.41) is 0. The maximum absolute atomic E-state index is 12.8. The summed E-state index contributed by atoms with van der Waals surface area (Å²) in [6, 6.07) is 15.9. The highest BCUT2D eigenvalue weighted by Crippen LogP contribution is 2.20. The minimum absolute atomic E-state index is 0.199. The molecular weight excluding hydrogens is 199 g/mol. The van der Waals surface area contributed by atoms with Gasteiger partial charge in [-0.15, -0.1) is 0 Å². The molecule has 0 aliphatic rings. The third-order valence-corrected chi connectivity index (χ3v) is 2.57. The molecule has 2 aromatic rings. The molecule has 81 valence electrons. The zero-order valence-electron chi connectivity index (χ0n) is 9.33. The molecule has 0 fully saturated rings. The molecule has 0 heterocycles. The molecule has 16 heavy (non-hydrogen) atoms. The van der Waals surface area contributed by atoms with E-state index < -0.39 is 0 Å². The summed E-state index contributed by atoms with van der Waals surface area (Å²) in [6.45, 7) is 2.15. The van der Waals surface area contributed by atoms with Crippen LogP contribution in [-0.4, -0.2) is 0 Å². The lowest BCUT2D eigenvalue weighted by molar-refractivity contribution is 0.628. The van der Waals surface area contributed by atoms with Gasteiger partial charge in [-0.05, 0) is 47.4 Å². The van der Waals surface area contributed by atoms with Gasteiger partial charge in [0.05, 0.1) is 0 Å². The van der Waals surface area contributed by atoms with Crippen LogP contribution in [-0.2, 0) is 6.42 Å². The zero-order chi connectivity index (χ0) is 11.4. The molecule has 0 unspecified atom stereocenters. The number of benzene rings is 2. The van der Waals surface area contributed by atoms with Crippen molar-refractivity contribution >= 4 is 0 Å². The van der Waals surface area contributed by atoms with Crippen molar-refractivity contribution in [2.45, 2.75) is 19.8 Å². The van der Waals surface area contributed by atoms with E-state index in [2.05, 4.69) is 25.1 Å². The van der Waals surface area contributed by atoms with E-state index in [1.165, 1.54) is 17.7 Å². The molecule has 0 aliphatic carbocycles. The highest BCUT2D eigenvalue weighted by molar-refractivity contribution is 5.63. The van der Waals surface area contributed by atoms with Crippen LogP contribution in [0.5, 0.6) is 0 Å². The van der Waals surface area contributed by atoms with Crippen molar-refractivity contribution in [1.29, 1.82) is 0 Å². The van der Waals surface area contributed by atoms with Crippen LogP contribution in [0, 0.1) is 11.9 Å². The normalized spacial score (nSPS) is 10.4. The van der Waals surface area contributed by atoms with Crippen molar-refractivity contribution in [1.82, 2.24) is 0 Å². The van der Waals surface area contributed by atoms with Gasteiger partial charge in [-0.25, -0.2) is 4.39 Å². The standard InChI is InChI=1S/C15H14F/c1-2-3-12-4-6-13(7-5-12)14-8-10-15(16)11-9-14/h4,6-11H,2-3H2,1H3. The van der Waals surface area contributed by atoms with E-state index in [9.17, 15) is 4.39 Å². The maximum atomic E-state index is 12.8. The average molecular weight is 213 g/mol. The van der Waals surface area contributed by atoms with Crippen LogP contribution < -0.4 is 0 Å². The van der Waals surface area contributed by atoms with Crippen LogP contribution in [0.2, 0.25) is 0 Å². The van der Waals surface area contributed by atoms with Crippen molar-refractivity contribution < 1.29 is 4.39 Å². The fraction of sp³-hybridized carbons (Fsp3) is 0.200. The molecule has 0 nitrogen and oxygen atoms in total. The molecule has 0 spiro atoms. The van der Waals surface area contributed by atoms with Gasteiger partial charge in [-0.1, -0.05) is 37.6 Å². The van der Waals surface area contributed by atoms with Gasteiger partial charge in [0.1, 0.15) is 5.82 Å². The summed E-state index contributed by atoms with van der Waals surface area (Å²) in [6.07, 6.45) is 2.19. The Hall–Kier alpha value is -1.63. The van der Waals surface area contributed by atoms with E-state index in [4.69, 9.17) is 0 Å². The SMILES string of the molecule is CCCc1[c]cc(-c2ccc(F)cc2)cc1. The largest absolute Gasteiger partial charge is 0.207 e. The summed E-state index contributed by atoms with van der Waals surface area (Å²) < 4.78 is 12.8. The fourth-order valence-corrected chi connectivity index (χ4v) is 1.70. The van der Waals surface area contributed by atoms with Crippen LogP contribution in [0.1, 0.15) is 18.9 Å². The van der Waals surface area contributed by atoms with Crippen LogP contribution in [0.4, 0.5) is 4.39 Å². The summed E-state index contributed by atoms with van der Waals surface area (Å²) in [5.74, 6) is -0.199. The quantitative estimate of drug-likeness (QED) is 0.715. The van der Waals surface area contributed by atoms with Gasteiger partial charge in [-0.2, -0.15) is 0 Å². The molecule has 0 N–H and O–H groups in total. The lowest BCUT2D eigenvalue weighted by atomic mass is 10.0. The Labute approximate surface area is 95.7 Å². The third kappa shape index (κ3) is 2.48. The molecule has 0 atom stereocenters. The topological polar surface area (TPSA) is 0 Å². The summed E-state index contributed by atoms with van der Waals surface area (Å²) in [5.41, 5.74) is 3.34. The zero-order valence-corrected chi connectivity index (χ0v) is 9.33. The molecule has 0 aromatic heterocycles. The lowest BCUT2D eigenvalue weighted by Crippen LogP contribution is -1.84. The van der Waals surface area contributed by atoms with Crippen LogP contribution in [0.3, 0.4) is 0 Å². The van der Waals surface area contributed by atoms with Gasteiger partial charge in [0.15, 0.2) is 0 Å². The minimum atomic E-state index is -0.199. The third-order valence-electron chi connectivity index (χ3n) is 2.57. The highest BCUT2D eigenvalue weighted by Gasteiger charge is 1.98. The van der Waals surface area contributed by atoms with Crippen molar-refractivity contribution in [3.05, 3.63) is 59.9 Å². The number of hydrogen-bond donors (Lipinski definition) is 0. The predicted molar refractivity (Wildman–Crippen MR) is 64.7 cm³/mol. The first-order valence-electron chi connectivity index (χ1n) is 5.56. The van der Waals surface area contributed by atoms with Crippen molar-refractivity contribution in [2.24, 2.45) is 0 Å². The van der Waals surface area contributed by atoms with Gasteiger partial charge in [0.25, 0.3) is 0 Å². The molecule has 2 rings (SSSR count). The molecule has 1 radical (unpaired) electrons. The number of hydrogen-bond acceptors (Lipinski definition) is 0. The van der Waals surface area contributed by atoms with E-state index in [0.29, 0.717) is 0 Å². The Morgan fingerprint density at radius 3 is 2.25 bits per heavy atom. The van der Waals surface area contributed by atoms with Crippen molar-refractivity contribution in [3.8, 4) is 11.1 Å². The lowest BCUT2D eigenvalue weighted by Gasteiger charge is -2.03. The second-order valence-corrected chi connectivity index (χ2v) is 3.86. The van der Waals surface area contributed by atoms with Gasteiger partial charge >= 0.3 is 0 Å². The van der Waals surface area contributed by atoms with E-state index in [1.807, 2.05) is 6.07 Å². The van der Waals surface area contributed by atoms with E-state index in [-0.39, 0.29) is 5.82 Å². The van der Waals surface area contributed by atoms with Gasteiger partial charge in [0, 0.05) is 0 Å². The number of rotatable bonds is 3. The minimum Gasteiger partial charge on any atom is -0.207 e. The second kappa shape index (κ2) is 4.93. The van der Waals surface area contributed by atoms with Gasteiger partial charge in [0.2, 0.25) is 0 Å². The van der Waals surface area contributed by atoms with E-state index in [0.717, 1.165) is 24.0 Å². The number of aryl methyl sites for hydroxylation is 1. The van der Waals surface area contributed by atoms with Gasteiger partial charge < -0.3 is 0 Å². The summed E-state index contributed by atoms with van der Waals surface area (Å²) >= 11 is 0. The predicted octanol–water partition coefficient (Wildman–Crippen LogP) is 4.25. The first-order valence-corrected chi connectivity index (χ1v) is 5.56. The van der Waals surface area contributed by atoms with E-state index >= 15 is 0 Å². The Morgan fingerprint density at radius 1 is 1.00 bits per heavy atom. The van der Waals surface area contributed by atoms with E-state index in [1.54, 1.807) is 12.1 Å². The Bertz CT molecular complexity index is 440. The van der Waals surface area contributed by atoms with Gasteiger partial charge in [-0.3, -0.25) is 0 Å². The molecule has 0 amide bonds. The maximum Gasteiger partial charge on any atom is 0.123 e. The molecule has 0 bridgehead atoms.